The maximum Gasteiger partial charge on any atom is 0.230 e. The minimum Gasteiger partial charge on any atom is -0.388 e. The van der Waals surface area contributed by atoms with Crippen molar-refractivity contribution in [2.45, 2.75) is 36.7 Å². The zero-order chi connectivity index (χ0) is 21.2. The van der Waals surface area contributed by atoms with Gasteiger partial charge in [0.1, 0.15) is 11.2 Å². The van der Waals surface area contributed by atoms with Crippen molar-refractivity contribution >= 4 is 11.6 Å². The van der Waals surface area contributed by atoms with E-state index in [2.05, 4.69) is 14.8 Å². The summed E-state index contributed by atoms with van der Waals surface area (Å²) in [5.41, 5.74) is 5.74. The molecule has 2 fully saturated rings. The number of nitrogens with zero attached hydrogens (tertiary/aromatic N) is 3. The minimum atomic E-state index is -0.839. The molecule has 1 atom stereocenters. The number of primary amides is 1. The predicted octanol–water partition coefficient (Wildman–Crippen LogP) is 2.07. The number of amides is 1. The Labute approximate surface area is 176 Å². The molecule has 3 heterocycles. The van der Waals surface area contributed by atoms with Crippen LogP contribution in [0.5, 0.6) is 0 Å². The van der Waals surface area contributed by atoms with Gasteiger partial charge in [-0.05, 0) is 62.6 Å². The molecule has 30 heavy (non-hydrogen) atoms. The number of piperidine rings is 2. The molecule has 2 aliphatic rings. The molecule has 1 aromatic heterocycles. The van der Waals surface area contributed by atoms with Crippen molar-refractivity contribution in [2.75, 3.05) is 37.6 Å². The summed E-state index contributed by atoms with van der Waals surface area (Å²) in [6, 6.07) is 12.1. The maximum atomic E-state index is 13.5. The van der Waals surface area contributed by atoms with E-state index in [-0.39, 0.29) is 11.7 Å². The molecule has 4 rings (SSSR count). The van der Waals surface area contributed by atoms with Crippen LogP contribution in [-0.2, 0) is 10.2 Å². The van der Waals surface area contributed by atoms with E-state index in [4.69, 9.17) is 5.73 Å². The average Bonchev–Trinajstić information content (AvgIpc) is 2.74. The number of nitrogens with two attached hydrogens (primary N) is 1. The van der Waals surface area contributed by atoms with E-state index in [1.165, 1.54) is 12.1 Å². The Bertz CT molecular complexity index is 886. The van der Waals surface area contributed by atoms with Gasteiger partial charge in [-0.2, -0.15) is 0 Å². The van der Waals surface area contributed by atoms with Crippen LogP contribution in [0.4, 0.5) is 10.1 Å². The lowest BCUT2D eigenvalue weighted by Crippen LogP contribution is -2.58. The van der Waals surface area contributed by atoms with Crippen LogP contribution < -0.4 is 10.6 Å². The summed E-state index contributed by atoms with van der Waals surface area (Å²) < 4.78 is 13.5. The number of likely N-dealkylation sites (tertiary alicyclic amines) is 1. The van der Waals surface area contributed by atoms with Crippen molar-refractivity contribution in [3.63, 3.8) is 0 Å². The van der Waals surface area contributed by atoms with Crippen LogP contribution >= 0.6 is 0 Å². The monoisotopic (exact) mass is 412 g/mol. The van der Waals surface area contributed by atoms with Gasteiger partial charge in [0.25, 0.3) is 0 Å². The van der Waals surface area contributed by atoms with Gasteiger partial charge < -0.3 is 15.7 Å². The fourth-order valence-electron chi connectivity index (χ4n) is 4.89. The van der Waals surface area contributed by atoms with Crippen LogP contribution in [-0.4, -0.2) is 59.2 Å². The predicted molar refractivity (Wildman–Crippen MR) is 114 cm³/mol. The van der Waals surface area contributed by atoms with E-state index in [0.717, 1.165) is 18.7 Å². The molecule has 2 saturated heterocycles. The third kappa shape index (κ3) is 4.18. The lowest BCUT2D eigenvalue weighted by molar-refractivity contribution is -0.126. The summed E-state index contributed by atoms with van der Waals surface area (Å²) >= 11 is 0. The quantitative estimate of drug-likeness (QED) is 0.786. The van der Waals surface area contributed by atoms with Crippen molar-refractivity contribution in [2.24, 2.45) is 5.73 Å². The number of hydrogen-bond donors (Lipinski definition) is 2. The molecule has 7 heteroatoms. The lowest BCUT2D eigenvalue weighted by Gasteiger charge is -2.46. The molecule has 2 aliphatic heterocycles. The molecule has 1 amide bonds. The highest BCUT2D eigenvalue weighted by Gasteiger charge is 2.45. The molecule has 2 aromatic rings. The maximum absolute atomic E-state index is 13.5. The number of aromatic nitrogens is 1. The smallest absolute Gasteiger partial charge is 0.230 e. The van der Waals surface area contributed by atoms with Crippen LogP contribution in [0.25, 0.3) is 0 Å². The number of aliphatic hydroxyl groups is 1. The molecule has 0 radical (unpaired) electrons. The van der Waals surface area contributed by atoms with Crippen LogP contribution in [0.15, 0.2) is 48.7 Å². The Morgan fingerprint density at radius 1 is 1.13 bits per heavy atom. The van der Waals surface area contributed by atoms with Gasteiger partial charge in [-0.3, -0.25) is 14.7 Å². The van der Waals surface area contributed by atoms with Gasteiger partial charge in [0.2, 0.25) is 5.91 Å². The van der Waals surface area contributed by atoms with E-state index in [1.54, 1.807) is 12.3 Å². The summed E-state index contributed by atoms with van der Waals surface area (Å²) in [4.78, 5) is 21.2. The highest BCUT2D eigenvalue weighted by Crippen LogP contribution is 2.35. The summed E-state index contributed by atoms with van der Waals surface area (Å²) in [7, 11) is 0. The molecule has 0 saturated carbocycles. The average molecular weight is 413 g/mol. The van der Waals surface area contributed by atoms with Crippen molar-refractivity contribution in [3.05, 3.63) is 60.2 Å². The van der Waals surface area contributed by atoms with Gasteiger partial charge in [0, 0.05) is 38.1 Å². The molecule has 0 aliphatic carbocycles. The van der Waals surface area contributed by atoms with E-state index >= 15 is 0 Å². The van der Waals surface area contributed by atoms with E-state index in [9.17, 15) is 14.3 Å². The first-order chi connectivity index (χ1) is 14.4. The molecule has 0 bridgehead atoms. The first-order valence-electron chi connectivity index (χ1n) is 10.6. The molecule has 6 nitrogen and oxygen atoms in total. The largest absolute Gasteiger partial charge is 0.388 e. The Balaban J connectivity index is 1.43. The number of halogens is 1. The van der Waals surface area contributed by atoms with E-state index < -0.39 is 11.0 Å². The van der Waals surface area contributed by atoms with Crippen LogP contribution in [0.3, 0.4) is 0 Å². The fraction of sp³-hybridized carbons (Fsp3) is 0.478. The molecule has 1 aromatic carbocycles. The second-order valence-electron chi connectivity index (χ2n) is 8.67. The SMILES string of the molecule is NC(=O)[C@]1(c2ccccn2)CCCN(CC2(O)CCN(c3cccc(F)c3)CC2)C1. The lowest BCUT2D eigenvalue weighted by atomic mass is 9.75. The van der Waals surface area contributed by atoms with E-state index in [0.29, 0.717) is 51.1 Å². The van der Waals surface area contributed by atoms with Crippen LogP contribution in [0.1, 0.15) is 31.4 Å². The zero-order valence-electron chi connectivity index (χ0n) is 17.1. The fourth-order valence-corrected chi connectivity index (χ4v) is 4.89. The summed E-state index contributed by atoms with van der Waals surface area (Å²) in [6.07, 6.45) is 4.36. The number of benzene rings is 1. The first kappa shape index (κ1) is 20.8. The Kier molecular flexibility index (Phi) is 5.75. The number of rotatable bonds is 5. The van der Waals surface area contributed by atoms with Gasteiger partial charge in [-0.25, -0.2) is 4.39 Å². The minimum absolute atomic E-state index is 0.251. The normalized spacial score (nSPS) is 24.5. The first-order valence-corrected chi connectivity index (χ1v) is 10.6. The van der Waals surface area contributed by atoms with Crippen molar-refractivity contribution in [1.29, 1.82) is 0 Å². The summed E-state index contributed by atoms with van der Waals surface area (Å²) in [5.74, 6) is -0.613. The van der Waals surface area contributed by atoms with Crippen LogP contribution in [0.2, 0.25) is 0 Å². The van der Waals surface area contributed by atoms with Crippen LogP contribution in [0, 0.1) is 5.82 Å². The summed E-state index contributed by atoms with van der Waals surface area (Å²) in [6.45, 7) is 3.10. The number of carbonyl (C=O) groups is 1. The van der Waals surface area contributed by atoms with Crippen molar-refractivity contribution in [1.82, 2.24) is 9.88 Å². The number of carbonyl (C=O) groups excluding carboxylic acids is 1. The molecule has 3 N–H and O–H groups in total. The molecular formula is C23H29FN4O2. The molecule has 0 unspecified atom stereocenters. The number of anilines is 1. The standard InChI is InChI=1S/C23H29FN4O2/c24-18-5-3-6-19(15-18)28-13-9-22(30,10-14-28)16-27-12-4-8-23(17-27,21(25)29)20-7-1-2-11-26-20/h1-3,5-7,11,15,30H,4,8-10,12-14,16-17H2,(H2,25,29)/t23-/m1/s1. The van der Waals surface area contributed by atoms with E-state index in [1.807, 2.05) is 24.3 Å². The highest BCUT2D eigenvalue weighted by molar-refractivity contribution is 5.86. The number of β-amino-alcohol motifs (C(OH)–C–C–N with tert-alkyl or cyclic N) is 1. The molecule has 160 valence electrons. The van der Waals surface area contributed by atoms with Gasteiger partial charge in [0.15, 0.2) is 0 Å². The topological polar surface area (TPSA) is 82.7 Å². The third-order valence-corrected chi connectivity index (χ3v) is 6.58. The third-order valence-electron chi connectivity index (χ3n) is 6.58. The van der Waals surface area contributed by atoms with Crippen molar-refractivity contribution in [3.8, 4) is 0 Å². The van der Waals surface area contributed by atoms with Crippen molar-refractivity contribution < 1.29 is 14.3 Å². The Morgan fingerprint density at radius 2 is 1.93 bits per heavy atom. The second-order valence-corrected chi connectivity index (χ2v) is 8.67. The Hall–Kier alpha value is -2.51. The van der Waals surface area contributed by atoms with Gasteiger partial charge in [-0.1, -0.05) is 12.1 Å². The zero-order valence-corrected chi connectivity index (χ0v) is 17.1. The second kappa shape index (κ2) is 8.32. The molecule has 0 spiro atoms. The van der Waals surface area contributed by atoms with Gasteiger partial charge in [0.05, 0.1) is 11.3 Å². The molecular weight excluding hydrogens is 383 g/mol. The summed E-state index contributed by atoms with van der Waals surface area (Å²) in [5, 5.41) is 11.2. The highest BCUT2D eigenvalue weighted by atomic mass is 19.1. The van der Waals surface area contributed by atoms with Gasteiger partial charge in [-0.15, -0.1) is 0 Å². The van der Waals surface area contributed by atoms with Gasteiger partial charge >= 0.3 is 0 Å². The number of pyridine rings is 1. The number of hydrogen-bond acceptors (Lipinski definition) is 5. The Morgan fingerprint density at radius 3 is 2.60 bits per heavy atom.